The Morgan fingerprint density at radius 3 is 2.59 bits per heavy atom. The van der Waals surface area contributed by atoms with E-state index < -0.39 is 17.8 Å². The minimum absolute atomic E-state index is 0.182. The lowest BCUT2D eigenvalue weighted by molar-refractivity contribution is -0.153. The zero-order valence-electron chi connectivity index (χ0n) is 12.7. The molecule has 1 fully saturated rings. The number of hydrogen-bond donors (Lipinski definition) is 1. The number of imide groups is 1. The lowest BCUT2D eigenvalue weighted by Crippen LogP contribution is -2.56. The minimum atomic E-state index is -0.806. The van der Waals surface area contributed by atoms with E-state index in [1.54, 1.807) is 31.2 Å². The molecule has 7 nitrogen and oxygen atoms in total. The van der Waals surface area contributed by atoms with E-state index >= 15 is 0 Å². The lowest BCUT2D eigenvalue weighted by atomic mass is 10.3. The summed E-state index contributed by atoms with van der Waals surface area (Å²) in [7, 11) is 0. The molecule has 1 aromatic carbocycles. The van der Waals surface area contributed by atoms with Gasteiger partial charge in [0, 0.05) is 19.6 Å². The van der Waals surface area contributed by atoms with Crippen LogP contribution in [0.3, 0.4) is 0 Å². The number of carbonyl (C=O) groups excluding carboxylic acids is 3. The van der Waals surface area contributed by atoms with Crippen LogP contribution in [0.5, 0.6) is 5.75 Å². The summed E-state index contributed by atoms with van der Waals surface area (Å²) in [5.74, 6) is -0.939. The van der Waals surface area contributed by atoms with Gasteiger partial charge >= 0.3 is 17.8 Å². The molecule has 0 unspecified atom stereocenters. The molecular weight excluding hydrogens is 286 g/mol. The summed E-state index contributed by atoms with van der Waals surface area (Å²) in [6.45, 7) is 5.07. The zero-order chi connectivity index (χ0) is 16.1. The van der Waals surface area contributed by atoms with E-state index in [0.717, 1.165) is 4.90 Å². The number of ether oxygens (including phenoxy) is 1. The fourth-order valence-corrected chi connectivity index (χ4v) is 2.20. The highest BCUT2D eigenvalue weighted by atomic mass is 16.5. The first-order chi connectivity index (χ1) is 10.6. The van der Waals surface area contributed by atoms with Crippen molar-refractivity contribution in [3.8, 4) is 5.75 Å². The molecule has 0 radical (unpaired) electrons. The Kier molecular flexibility index (Phi) is 4.98. The van der Waals surface area contributed by atoms with Crippen molar-refractivity contribution in [1.82, 2.24) is 9.80 Å². The summed E-state index contributed by atoms with van der Waals surface area (Å²) in [5.41, 5.74) is 0.465. The van der Waals surface area contributed by atoms with Crippen LogP contribution in [0.25, 0.3) is 0 Å². The molecule has 118 valence electrons. The first-order valence-corrected chi connectivity index (χ1v) is 7.22. The van der Waals surface area contributed by atoms with Gasteiger partial charge in [0.1, 0.15) is 5.75 Å². The average Bonchev–Trinajstić information content (AvgIpc) is 2.52. The summed E-state index contributed by atoms with van der Waals surface area (Å²) in [4.78, 5) is 38.4. The predicted octanol–water partition coefficient (Wildman–Crippen LogP) is 1.31. The molecule has 0 bridgehead atoms. The van der Waals surface area contributed by atoms with Crippen molar-refractivity contribution in [2.75, 3.05) is 31.6 Å². The quantitative estimate of drug-likeness (QED) is 0.851. The van der Waals surface area contributed by atoms with Crippen molar-refractivity contribution in [1.29, 1.82) is 0 Å². The molecule has 7 heteroatoms. The van der Waals surface area contributed by atoms with E-state index in [-0.39, 0.29) is 6.54 Å². The maximum atomic E-state index is 12.2. The Bertz CT molecular complexity index is 588. The third kappa shape index (κ3) is 3.19. The summed E-state index contributed by atoms with van der Waals surface area (Å²) < 4.78 is 5.41. The Balaban J connectivity index is 2.10. The number of carbonyl (C=O) groups is 3. The van der Waals surface area contributed by atoms with E-state index in [0.29, 0.717) is 31.1 Å². The largest absolute Gasteiger partial charge is 0.492 e. The van der Waals surface area contributed by atoms with E-state index in [9.17, 15) is 14.4 Å². The van der Waals surface area contributed by atoms with Crippen LogP contribution >= 0.6 is 0 Å². The Hall–Kier alpha value is -2.57. The highest BCUT2D eigenvalue weighted by Gasteiger charge is 2.35. The highest BCUT2D eigenvalue weighted by molar-refractivity contribution is 6.38. The van der Waals surface area contributed by atoms with Gasteiger partial charge in [0.05, 0.1) is 12.3 Å². The molecule has 1 aliphatic heterocycles. The van der Waals surface area contributed by atoms with Gasteiger partial charge in [-0.3, -0.25) is 14.5 Å². The van der Waals surface area contributed by atoms with Crippen LogP contribution in [0.15, 0.2) is 24.3 Å². The highest BCUT2D eigenvalue weighted by Crippen LogP contribution is 2.24. The maximum absolute atomic E-state index is 12.2. The number of amides is 4. The summed E-state index contributed by atoms with van der Waals surface area (Å²) in [5, 5.41) is 2.62. The molecule has 1 N–H and O–H groups in total. The lowest BCUT2D eigenvalue weighted by Gasteiger charge is -2.31. The Morgan fingerprint density at radius 2 is 1.91 bits per heavy atom. The number of nitrogens with one attached hydrogen (secondary N) is 1. The molecule has 0 spiro atoms. The molecule has 0 atom stereocenters. The second-order valence-electron chi connectivity index (χ2n) is 4.70. The van der Waals surface area contributed by atoms with Crippen LogP contribution in [-0.4, -0.2) is 53.9 Å². The van der Waals surface area contributed by atoms with Gasteiger partial charge in [-0.15, -0.1) is 0 Å². The summed E-state index contributed by atoms with van der Waals surface area (Å²) in [6.07, 6.45) is 0. The van der Waals surface area contributed by atoms with E-state index in [1.165, 1.54) is 4.90 Å². The summed E-state index contributed by atoms with van der Waals surface area (Å²) >= 11 is 0. The number of piperazine rings is 1. The SMILES string of the molecule is CCOc1ccccc1NC(=O)N1CCN(CC)C(=O)C1=O. The number of hydrogen-bond acceptors (Lipinski definition) is 4. The van der Waals surface area contributed by atoms with Gasteiger partial charge in [0.15, 0.2) is 0 Å². The van der Waals surface area contributed by atoms with Crippen molar-refractivity contribution in [3.05, 3.63) is 24.3 Å². The van der Waals surface area contributed by atoms with Crippen LogP contribution in [0, 0.1) is 0 Å². The summed E-state index contributed by atoms with van der Waals surface area (Å²) in [6, 6.07) is 6.31. The maximum Gasteiger partial charge on any atom is 0.329 e. The van der Waals surface area contributed by atoms with Gasteiger partial charge in [-0.05, 0) is 26.0 Å². The standard InChI is InChI=1S/C15H19N3O4/c1-3-17-9-10-18(14(20)13(17)19)15(21)16-11-7-5-6-8-12(11)22-4-2/h5-8H,3-4,9-10H2,1-2H3,(H,16,21). The normalized spacial score (nSPS) is 15.0. The minimum Gasteiger partial charge on any atom is -0.492 e. The number of likely N-dealkylation sites (N-methyl/N-ethyl adjacent to an activating group) is 1. The molecule has 2 rings (SSSR count). The monoisotopic (exact) mass is 305 g/mol. The molecule has 0 aromatic heterocycles. The van der Waals surface area contributed by atoms with E-state index in [1.807, 2.05) is 6.92 Å². The third-order valence-electron chi connectivity index (χ3n) is 3.36. The molecule has 22 heavy (non-hydrogen) atoms. The first kappa shape index (κ1) is 15.8. The first-order valence-electron chi connectivity index (χ1n) is 7.22. The van der Waals surface area contributed by atoms with Gasteiger partial charge < -0.3 is 15.0 Å². The zero-order valence-corrected chi connectivity index (χ0v) is 12.7. The fourth-order valence-electron chi connectivity index (χ4n) is 2.20. The predicted molar refractivity (Wildman–Crippen MR) is 80.6 cm³/mol. The van der Waals surface area contributed by atoms with Crippen molar-refractivity contribution in [3.63, 3.8) is 0 Å². The molecule has 0 saturated carbocycles. The topological polar surface area (TPSA) is 79.0 Å². The van der Waals surface area contributed by atoms with Crippen LogP contribution in [0.1, 0.15) is 13.8 Å². The van der Waals surface area contributed by atoms with Gasteiger partial charge in [-0.2, -0.15) is 0 Å². The number of nitrogens with zero attached hydrogens (tertiary/aromatic N) is 2. The van der Waals surface area contributed by atoms with Crippen LogP contribution in [0.2, 0.25) is 0 Å². The molecule has 1 aliphatic rings. The van der Waals surface area contributed by atoms with Gasteiger partial charge in [0.25, 0.3) is 0 Å². The number of anilines is 1. The van der Waals surface area contributed by atoms with Crippen LogP contribution < -0.4 is 10.1 Å². The van der Waals surface area contributed by atoms with Gasteiger partial charge in [-0.1, -0.05) is 12.1 Å². The van der Waals surface area contributed by atoms with E-state index in [2.05, 4.69) is 5.32 Å². The fraction of sp³-hybridized carbons (Fsp3) is 0.400. The molecule has 1 heterocycles. The smallest absolute Gasteiger partial charge is 0.329 e. The third-order valence-corrected chi connectivity index (χ3v) is 3.36. The Labute approximate surface area is 128 Å². The van der Waals surface area contributed by atoms with E-state index in [4.69, 9.17) is 4.74 Å². The molecule has 1 aromatic rings. The second-order valence-corrected chi connectivity index (χ2v) is 4.70. The number of benzene rings is 1. The van der Waals surface area contributed by atoms with Crippen molar-refractivity contribution in [2.45, 2.75) is 13.8 Å². The Morgan fingerprint density at radius 1 is 1.18 bits per heavy atom. The number of rotatable bonds is 4. The van der Waals surface area contributed by atoms with Crippen molar-refractivity contribution >= 4 is 23.5 Å². The molecule has 4 amide bonds. The van der Waals surface area contributed by atoms with Crippen LogP contribution in [0.4, 0.5) is 10.5 Å². The number of urea groups is 1. The van der Waals surface area contributed by atoms with Gasteiger partial charge in [0.2, 0.25) is 0 Å². The molecule has 1 saturated heterocycles. The van der Waals surface area contributed by atoms with Crippen LogP contribution in [-0.2, 0) is 9.59 Å². The second kappa shape index (κ2) is 6.93. The van der Waals surface area contributed by atoms with Crippen molar-refractivity contribution < 1.29 is 19.1 Å². The number of para-hydroxylation sites is 2. The molecule has 0 aliphatic carbocycles. The average molecular weight is 305 g/mol. The van der Waals surface area contributed by atoms with Gasteiger partial charge in [-0.25, -0.2) is 4.79 Å². The molecular formula is C15H19N3O4. The van der Waals surface area contributed by atoms with Crippen molar-refractivity contribution in [2.24, 2.45) is 0 Å².